The van der Waals surface area contributed by atoms with Crippen LogP contribution >= 0.6 is 0 Å². The summed E-state index contributed by atoms with van der Waals surface area (Å²) in [5.74, 6) is -0.163. The Morgan fingerprint density at radius 3 is 2.50 bits per heavy atom. The summed E-state index contributed by atoms with van der Waals surface area (Å²) in [6, 6.07) is 4.68. The molecule has 4 N–H and O–H groups in total. The smallest absolute Gasteiger partial charge is 0.222 e. The molecule has 1 rings (SSSR count). The molecule has 0 fully saturated rings. The molecule has 0 saturated carbocycles. The summed E-state index contributed by atoms with van der Waals surface area (Å²) >= 11 is 0. The Bertz CT molecular complexity index is 463. The Hall–Kier alpha value is -1.75. The minimum atomic E-state index is -0.145. The van der Waals surface area contributed by atoms with Crippen LogP contribution in [0.1, 0.15) is 44.6 Å². The summed E-state index contributed by atoms with van der Waals surface area (Å²) in [6.07, 6.45) is 5.05. The maximum absolute atomic E-state index is 12.3. The third kappa shape index (κ3) is 6.35. The van der Waals surface area contributed by atoms with Gasteiger partial charge in [0.1, 0.15) is 0 Å². The number of unbranched alkanes of at least 4 members (excludes halogenated alkanes) is 2. The SMILES string of the molecule is CCCCCN(CCCN)C(=O)CCc1ccc(O)c(O)c1. The van der Waals surface area contributed by atoms with E-state index in [4.69, 9.17) is 5.73 Å². The monoisotopic (exact) mass is 308 g/mol. The van der Waals surface area contributed by atoms with Crippen molar-refractivity contribution >= 4 is 5.91 Å². The van der Waals surface area contributed by atoms with Crippen molar-refractivity contribution in [1.29, 1.82) is 0 Å². The van der Waals surface area contributed by atoms with Crippen molar-refractivity contribution in [2.45, 2.75) is 45.4 Å². The van der Waals surface area contributed by atoms with E-state index in [9.17, 15) is 15.0 Å². The molecule has 5 heteroatoms. The van der Waals surface area contributed by atoms with Gasteiger partial charge < -0.3 is 20.8 Å². The molecule has 0 heterocycles. The highest BCUT2D eigenvalue weighted by molar-refractivity contribution is 5.76. The molecule has 0 saturated heterocycles. The summed E-state index contributed by atoms with van der Waals surface area (Å²) < 4.78 is 0. The Balaban J connectivity index is 2.51. The second-order valence-electron chi connectivity index (χ2n) is 5.55. The number of nitrogens with two attached hydrogens (primary N) is 1. The minimum absolute atomic E-state index is 0.122. The fraction of sp³-hybridized carbons (Fsp3) is 0.588. The van der Waals surface area contributed by atoms with E-state index in [1.54, 1.807) is 6.07 Å². The van der Waals surface area contributed by atoms with Gasteiger partial charge in [0.2, 0.25) is 5.91 Å². The van der Waals surface area contributed by atoms with E-state index >= 15 is 0 Å². The molecular weight excluding hydrogens is 280 g/mol. The van der Waals surface area contributed by atoms with Crippen LogP contribution in [0.4, 0.5) is 0 Å². The van der Waals surface area contributed by atoms with Crippen LogP contribution in [-0.2, 0) is 11.2 Å². The standard InChI is InChI=1S/C17H28N2O3/c1-2-3-4-11-19(12-5-10-18)17(22)9-7-14-6-8-15(20)16(21)13-14/h6,8,13,20-21H,2-5,7,9-12,18H2,1H3. The summed E-state index contributed by atoms with van der Waals surface area (Å²) in [5, 5.41) is 18.8. The molecule has 0 unspecified atom stereocenters. The van der Waals surface area contributed by atoms with Crippen LogP contribution in [0.5, 0.6) is 11.5 Å². The lowest BCUT2D eigenvalue weighted by atomic mass is 10.1. The Morgan fingerprint density at radius 1 is 1.14 bits per heavy atom. The second kappa shape index (κ2) is 10.1. The first-order chi connectivity index (χ1) is 10.6. The molecule has 0 aliphatic carbocycles. The van der Waals surface area contributed by atoms with Gasteiger partial charge >= 0.3 is 0 Å². The van der Waals surface area contributed by atoms with Gasteiger partial charge in [-0.05, 0) is 43.5 Å². The predicted molar refractivity (Wildman–Crippen MR) is 87.9 cm³/mol. The van der Waals surface area contributed by atoms with Crippen molar-refractivity contribution in [1.82, 2.24) is 4.90 Å². The second-order valence-corrected chi connectivity index (χ2v) is 5.55. The summed E-state index contributed by atoms with van der Waals surface area (Å²) in [4.78, 5) is 14.2. The number of carbonyl (C=O) groups excluding carboxylic acids is 1. The molecule has 124 valence electrons. The highest BCUT2D eigenvalue weighted by Gasteiger charge is 2.13. The largest absolute Gasteiger partial charge is 0.504 e. The molecule has 22 heavy (non-hydrogen) atoms. The van der Waals surface area contributed by atoms with E-state index in [1.807, 2.05) is 4.90 Å². The van der Waals surface area contributed by atoms with Crippen LogP contribution in [0, 0.1) is 0 Å². The van der Waals surface area contributed by atoms with Gasteiger partial charge in [0.15, 0.2) is 11.5 Å². The van der Waals surface area contributed by atoms with Crippen molar-refractivity contribution in [3.05, 3.63) is 23.8 Å². The van der Waals surface area contributed by atoms with E-state index in [2.05, 4.69) is 6.92 Å². The van der Waals surface area contributed by atoms with Crippen molar-refractivity contribution in [3.8, 4) is 11.5 Å². The van der Waals surface area contributed by atoms with Gasteiger partial charge in [-0.25, -0.2) is 0 Å². The normalized spacial score (nSPS) is 10.6. The van der Waals surface area contributed by atoms with E-state index in [0.717, 1.165) is 37.8 Å². The summed E-state index contributed by atoms with van der Waals surface area (Å²) in [7, 11) is 0. The molecule has 0 aliphatic rings. The first kappa shape index (κ1) is 18.3. The highest BCUT2D eigenvalue weighted by atomic mass is 16.3. The molecule has 1 aromatic carbocycles. The molecule has 0 radical (unpaired) electrons. The molecule has 0 atom stereocenters. The first-order valence-electron chi connectivity index (χ1n) is 8.07. The zero-order valence-electron chi connectivity index (χ0n) is 13.4. The molecule has 5 nitrogen and oxygen atoms in total. The van der Waals surface area contributed by atoms with Gasteiger partial charge in [-0.2, -0.15) is 0 Å². The van der Waals surface area contributed by atoms with Crippen molar-refractivity contribution in [3.63, 3.8) is 0 Å². The first-order valence-corrected chi connectivity index (χ1v) is 8.07. The number of hydrogen-bond acceptors (Lipinski definition) is 4. The van der Waals surface area contributed by atoms with Crippen LogP contribution in [0.25, 0.3) is 0 Å². The number of amides is 1. The van der Waals surface area contributed by atoms with Crippen LogP contribution in [-0.4, -0.2) is 40.7 Å². The summed E-state index contributed by atoms with van der Waals surface area (Å²) in [5.41, 5.74) is 6.38. The molecule has 1 aromatic rings. The third-order valence-corrected chi connectivity index (χ3v) is 3.68. The van der Waals surface area contributed by atoms with Crippen molar-refractivity contribution < 1.29 is 15.0 Å². The van der Waals surface area contributed by atoms with Crippen LogP contribution in [0.3, 0.4) is 0 Å². The fourth-order valence-corrected chi connectivity index (χ4v) is 2.33. The molecule has 1 amide bonds. The molecule has 0 bridgehead atoms. The lowest BCUT2D eigenvalue weighted by Crippen LogP contribution is -2.34. The molecule has 0 aliphatic heterocycles. The maximum atomic E-state index is 12.3. The van der Waals surface area contributed by atoms with Gasteiger partial charge in [0.25, 0.3) is 0 Å². The van der Waals surface area contributed by atoms with E-state index < -0.39 is 0 Å². The lowest BCUT2D eigenvalue weighted by Gasteiger charge is -2.22. The van der Waals surface area contributed by atoms with Gasteiger partial charge in [0, 0.05) is 19.5 Å². The topological polar surface area (TPSA) is 86.8 Å². The van der Waals surface area contributed by atoms with Crippen LogP contribution in [0.15, 0.2) is 18.2 Å². The molecule has 0 aromatic heterocycles. The van der Waals surface area contributed by atoms with Gasteiger partial charge in [-0.15, -0.1) is 0 Å². The van der Waals surface area contributed by atoms with E-state index in [1.165, 1.54) is 12.1 Å². The van der Waals surface area contributed by atoms with Gasteiger partial charge in [0.05, 0.1) is 0 Å². The van der Waals surface area contributed by atoms with E-state index in [-0.39, 0.29) is 17.4 Å². The third-order valence-electron chi connectivity index (χ3n) is 3.68. The van der Waals surface area contributed by atoms with Crippen LogP contribution < -0.4 is 5.73 Å². The quantitative estimate of drug-likeness (QED) is 0.457. The Kier molecular flexibility index (Phi) is 8.36. The van der Waals surface area contributed by atoms with Crippen molar-refractivity contribution in [2.75, 3.05) is 19.6 Å². The van der Waals surface area contributed by atoms with Crippen LogP contribution in [0.2, 0.25) is 0 Å². The van der Waals surface area contributed by atoms with Gasteiger partial charge in [-0.1, -0.05) is 25.8 Å². The number of benzene rings is 1. The lowest BCUT2D eigenvalue weighted by molar-refractivity contribution is -0.131. The average molecular weight is 308 g/mol. The Labute approximate surface area is 132 Å². The number of aromatic hydroxyl groups is 2. The number of aryl methyl sites for hydroxylation is 1. The van der Waals surface area contributed by atoms with Gasteiger partial charge in [-0.3, -0.25) is 4.79 Å². The Morgan fingerprint density at radius 2 is 1.86 bits per heavy atom. The summed E-state index contributed by atoms with van der Waals surface area (Å²) in [6.45, 7) is 4.22. The molecule has 0 spiro atoms. The number of phenols is 2. The maximum Gasteiger partial charge on any atom is 0.222 e. The number of phenolic OH excluding ortho intramolecular Hbond substituents is 2. The van der Waals surface area contributed by atoms with E-state index in [0.29, 0.717) is 25.9 Å². The zero-order chi connectivity index (χ0) is 16.4. The number of hydrogen-bond donors (Lipinski definition) is 3. The number of nitrogens with zero attached hydrogens (tertiary/aromatic N) is 1. The molecular formula is C17H28N2O3. The number of carbonyl (C=O) groups is 1. The van der Waals surface area contributed by atoms with Crippen molar-refractivity contribution in [2.24, 2.45) is 5.73 Å². The minimum Gasteiger partial charge on any atom is -0.504 e. The zero-order valence-corrected chi connectivity index (χ0v) is 13.4. The predicted octanol–water partition coefficient (Wildman–Crippen LogP) is 2.40. The number of rotatable bonds is 10. The average Bonchev–Trinajstić information content (AvgIpc) is 2.51. The highest BCUT2D eigenvalue weighted by Crippen LogP contribution is 2.25. The fourth-order valence-electron chi connectivity index (χ4n) is 2.33.